The van der Waals surface area contributed by atoms with Crippen LogP contribution in [0.3, 0.4) is 0 Å². The highest BCUT2D eigenvalue weighted by molar-refractivity contribution is 5.97. The van der Waals surface area contributed by atoms with Crippen molar-refractivity contribution in [1.82, 2.24) is 15.5 Å². The number of nitrogens with one attached hydrogen (secondary N) is 2. The van der Waals surface area contributed by atoms with E-state index in [9.17, 15) is 4.79 Å². The van der Waals surface area contributed by atoms with Gasteiger partial charge in [0, 0.05) is 18.2 Å². The molecular formula is C18H23N3O2. The molecule has 0 aliphatic heterocycles. The van der Waals surface area contributed by atoms with Crippen LogP contribution in [0.15, 0.2) is 42.5 Å². The van der Waals surface area contributed by atoms with E-state index in [1.54, 1.807) is 12.1 Å². The summed E-state index contributed by atoms with van der Waals surface area (Å²) in [6, 6.07) is 9.17. The predicted octanol–water partition coefficient (Wildman–Crippen LogP) is 3.03. The molecule has 0 aliphatic rings. The number of benzene rings is 1. The fourth-order valence-corrected chi connectivity index (χ4v) is 2.23. The number of rotatable bonds is 7. The highest BCUT2D eigenvalue weighted by atomic mass is 16.5. The Morgan fingerprint density at radius 3 is 2.83 bits per heavy atom. The first-order valence-electron chi connectivity index (χ1n) is 7.63. The topological polar surface area (TPSA) is 67.0 Å². The summed E-state index contributed by atoms with van der Waals surface area (Å²) in [5.74, 6) is 0.415. The largest absolute Gasteiger partial charge is 0.488 e. The van der Waals surface area contributed by atoms with Crippen molar-refractivity contribution in [2.24, 2.45) is 0 Å². The molecule has 5 nitrogen and oxygen atoms in total. The predicted molar refractivity (Wildman–Crippen MR) is 90.7 cm³/mol. The smallest absolute Gasteiger partial charge is 0.255 e. The standard InChI is InChI=1S/C18H23N3O2/c1-12(2)11-23-17-8-6-5-7-16(17)18(22)19-13(3)9-15-10-14(4)20-21-15/h5-8,10,13H,1,9,11H2,2-4H3,(H,19,22)(H,20,21)/t13-/m1/s1. The first-order chi connectivity index (χ1) is 11.0. The lowest BCUT2D eigenvalue weighted by Gasteiger charge is -2.15. The summed E-state index contributed by atoms with van der Waals surface area (Å²) in [7, 11) is 0. The van der Waals surface area contributed by atoms with E-state index < -0.39 is 0 Å². The number of hydrogen-bond donors (Lipinski definition) is 2. The number of para-hydroxylation sites is 1. The molecule has 0 unspecified atom stereocenters. The number of H-pyrrole nitrogens is 1. The van der Waals surface area contributed by atoms with Crippen LogP contribution in [0.1, 0.15) is 35.6 Å². The van der Waals surface area contributed by atoms with Gasteiger partial charge in [-0.15, -0.1) is 0 Å². The van der Waals surface area contributed by atoms with Crippen molar-refractivity contribution in [1.29, 1.82) is 0 Å². The molecule has 0 saturated carbocycles. The van der Waals surface area contributed by atoms with Gasteiger partial charge in [0.15, 0.2) is 0 Å². The van der Waals surface area contributed by atoms with Crippen LogP contribution in [0.25, 0.3) is 0 Å². The van der Waals surface area contributed by atoms with Crippen molar-refractivity contribution in [2.45, 2.75) is 33.2 Å². The van der Waals surface area contributed by atoms with E-state index in [-0.39, 0.29) is 11.9 Å². The number of aromatic nitrogens is 2. The second kappa shape index (κ2) is 7.63. The molecule has 2 aromatic rings. The maximum absolute atomic E-state index is 12.5. The number of nitrogens with zero attached hydrogens (tertiary/aromatic N) is 1. The fourth-order valence-electron chi connectivity index (χ4n) is 2.23. The summed E-state index contributed by atoms with van der Waals surface area (Å²) in [5, 5.41) is 10.1. The second-order valence-corrected chi connectivity index (χ2v) is 5.86. The monoisotopic (exact) mass is 313 g/mol. The Balaban J connectivity index is 2.00. The Morgan fingerprint density at radius 2 is 2.17 bits per heavy atom. The molecule has 0 saturated heterocycles. The van der Waals surface area contributed by atoms with Crippen LogP contribution in [0.4, 0.5) is 0 Å². The van der Waals surface area contributed by atoms with Gasteiger partial charge in [0.05, 0.1) is 11.3 Å². The molecule has 2 rings (SSSR count). The average Bonchev–Trinajstić information content (AvgIpc) is 2.90. The molecule has 0 spiro atoms. The van der Waals surface area contributed by atoms with E-state index in [0.29, 0.717) is 24.3 Å². The van der Waals surface area contributed by atoms with Crippen LogP contribution in [0.5, 0.6) is 5.75 Å². The van der Waals surface area contributed by atoms with Crippen LogP contribution >= 0.6 is 0 Å². The molecule has 0 bridgehead atoms. The van der Waals surface area contributed by atoms with Gasteiger partial charge in [0.2, 0.25) is 0 Å². The van der Waals surface area contributed by atoms with Gasteiger partial charge in [-0.3, -0.25) is 9.89 Å². The minimum absolute atomic E-state index is 0.0283. The Bertz CT molecular complexity index is 691. The summed E-state index contributed by atoms with van der Waals surface area (Å²) < 4.78 is 5.65. The molecule has 1 aromatic carbocycles. The SMILES string of the molecule is C=C(C)COc1ccccc1C(=O)N[C@H](C)Cc1cc(C)[nH]n1. The number of carbonyl (C=O) groups is 1. The maximum atomic E-state index is 12.5. The third-order valence-corrected chi connectivity index (χ3v) is 3.26. The number of carbonyl (C=O) groups excluding carboxylic acids is 1. The van der Waals surface area contributed by atoms with Gasteiger partial charge in [-0.1, -0.05) is 18.7 Å². The first kappa shape index (κ1) is 16.8. The molecule has 1 aromatic heterocycles. The van der Waals surface area contributed by atoms with Gasteiger partial charge in [-0.05, 0) is 44.5 Å². The normalized spacial score (nSPS) is 11.8. The van der Waals surface area contributed by atoms with Crippen molar-refractivity contribution < 1.29 is 9.53 Å². The van der Waals surface area contributed by atoms with Crippen molar-refractivity contribution in [3.63, 3.8) is 0 Å². The van der Waals surface area contributed by atoms with Gasteiger partial charge < -0.3 is 10.1 Å². The molecule has 1 amide bonds. The third kappa shape index (κ3) is 4.98. The summed E-state index contributed by atoms with van der Waals surface area (Å²) in [5.41, 5.74) is 3.38. The van der Waals surface area contributed by atoms with Crippen LogP contribution in [-0.2, 0) is 6.42 Å². The molecule has 0 aliphatic carbocycles. The molecule has 2 N–H and O–H groups in total. The summed E-state index contributed by atoms with van der Waals surface area (Å²) >= 11 is 0. The highest BCUT2D eigenvalue weighted by Crippen LogP contribution is 2.18. The molecule has 0 fully saturated rings. The lowest BCUT2D eigenvalue weighted by molar-refractivity contribution is 0.0936. The van der Waals surface area contributed by atoms with Gasteiger partial charge >= 0.3 is 0 Å². The maximum Gasteiger partial charge on any atom is 0.255 e. The number of hydrogen-bond acceptors (Lipinski definition) is 3. The quantitative estimate of drug-likeness (QED) is 0.772. The van der Waals surface area contributed by atoms with Gasteiger partial charge in [0.25, 0.3) is 5.91 Å². The van der Waals surface area contributed by atoms with Crippen molar-refractivity contribution in [3.05, 3.63) is 59.4 Å². The number of amides is 1. The molecule has 0 radical (unpaired) electrons. The lowest BCUT2D eigenvalue weighted by atomic mass is 10.1. The second-order valence-electron chi connectivity index (χ2n) is 5.86. The van der Waals surface area contributed by atoms with Crippen LogP contribution in [0.2, 0.25) is 0 Å². The molecule has 1 atom stereocenters. The van der Waals surface area contributed by atoms with Crippen molar-refractivity contribution >= 4 is 5.91 Å². The average molecular weight is 313 g/mol. The summed E-state index contributed by atoms with van der Waals surface area (Å²) in [6.07, 6.45) is 0.671. The number of ether oxygens (including phenoxy) is 1. The Hall–Kier alpha value is -2.56. The molecule has 122 valence electrons. The fraction of sp³-hybridized carbons (Fsp3) is 0.333. The molecular weight excluding hydrogens is 290 g/mol. The Morgan fingerprint density at radius 1 is 1.43 bits per heavy atom. The zero-order valence-electron chi connectivity index (χ0n) is 13.8. The minimum Gasteiger partial charge on any atom is -0.488 e. The van der Waals surface area contributed by atoms with E-state index in [1.165, 1.54) is 0 Å². The zero-order chi connectivity index (χ0) is 16.8. The Labute approximate surface area is 136 Å². The van der Waals surface area contributed by atoms with E-state index in [2.05, 4.69) is 22.1 Å². The molecule has 23 heavy (non-hydrogen) atoms. The van der Waals surface area contributed by atoms with Crippen molar-refractivity contribution in [2.75, 3.05) is 6.61 Å². The third-order valence-electron chi connectivity index (χ3n) is 3.26. The summed E-state index contributed by atoms with van der Waals surface area (Å²) in [6.45, 7) is 10.00. The van der Waals surface area contributed by atoms with Crippen LogP contribution < -0.4 is 10.1 Å². The van der Waals surface area contributed by atoms with Crippen LogP contribution in [0, 0.1) is 6.92 Å². The van der Waals surface area contributed by atoms with Gasteiger partial charge in [0.1, 0.15) is 12.4 Å². The lowest BCUT2D eigenvalue weighted by Crippen LogP contribution is -2.34. The van der Waals surface area contributed by atoms with Crippen molar-refractivity contribution in [3.8, 4) is 5.75 Å². The summed E-state index contributed by atoms with van der Waals surface area (Å²) in [4.78, 5) is 12.5. The molecule has 5 heteroatoms. The number of aromatic amines is 1. The van der Waals surface area contributed by atoms with Gasteiger partial charge in [-0.25, -0.2) is 0 Å². The van der Waals surface area contributed by atoms with E-state index in [4.69, 9.17) is 4.74 Å². The van der Waals surface area contributed by atoms with E-state index >= 15 is 0 Å². The van der Waals surface area contributed by atoms with E-state index in [1.807, 2.05) is 39.0 Å². The highest BCUT2D eigenvalue weighted by Gasteiger charge is 2.15. The first-order valence-corrected chi connectivity index (χ1v) is 7.63. The van der Waals surface area contributed by atoms with E-state index in [0.717, 1.165) is 17.0 Å². The molecule has 1 heterocycles. The van der Waals surface area contributed by atoms with Crippen LogP contribution in [-0.4, -0.2) is 28.8 Å². The zero-order valence-corrected chi connectivity index (χ0v) is 13.8. The minimum atomic E-state index is -0.151. The Kier molecular flexibility index (Phi) is 5.57. The number of aryl methyl sites for hydroxylation is 1. The van der Waals surface area contributed by atoms with Gasteiger partial charge in [-0.2, -0.15) is 5.10 Å².